The maximum Gasteiger partial charge on any atom is 0.256 e. The third-order valence-electron chi connectivity index (χ3n) is 2.99. The van der Waals surface area contributed by atoms with Gasteiger partial charge in [0.15, 0.2) is 6.10 Å². The number of hydrogen-bond donors (Lipinski definition) is 1. The van der Waals surface area contributed by atoms with E-state index in [0.717, 1.165) is 0 Å². The van der Waals surface area contributed by atoms with Crippen LogP contribution >= 0.6 is 0 Å². The van der Waals surface area contributed by atoms with Gasteiger partial charge in [-0.3, -0.25) is 4.79 Å². The third-order valence-corrected chi connectivity index (χ3v) is 2.99. The molecule has 2 N–H and O–H groups in total. The smallest absolute Gasteiger partial charge is 0.256 e. The van der Waals surface area contributed by atoms with Crippen LogP contribution in [-0.2, 0) is 4.74 Å². The number of nitriles is 1. The number of morpholine rings is 1. The van der Waals surface area contributed by atoms with Gasteiger partial charge in [0.05, 0.1) is 31.9 Å². The molecule has 1 saturated heterocycles. The topological polar surface area (TPSA) is 88.6 Å². The number of methoxy groups -OCH3 is 1. The Balaban J connectivity index is 2.21. The number of carbonyl (C=O) groups excluding carboxylic acids is 1. The third kappa shape index (κ3) is 2.77. The second-order valence-corrected chi connectivity index (χ2v) is 4.19. The number of amides is 1. The number of rotatable bonds is 2. The first kappa shape index (κ1) is 13.2. The Morgan fingerprint density at radius 1 is 1.63 bits per heavy atom. The molecule has 19 heavy (non-hydrogen) atoms. The van der Waals surface area contributed by atoms with Crippen molar-refractivity contribution >= 4 is 11.6 Å². The Morgan fingerprint density at radius 2 is 2.42 bits per heavy atom. The van der Waals surface area contributed by atoms with Gasteiger partial charge in [-0.15, -0.1) is 0 Å². The fraction of sp³-hybridized carbons (Fsp3) is 0.385. The van der Waals surface area contributed by atoms with Crippen molar-refractivity contribution in [1.82, 2.24) is 4.90 Å². The highest BCUT2D eigenvalue weighted by Crippen LogP contribution is 2.22. The van der Waals surface area contributed by atoms with E-state index < -0.39 is 6.10 Å². The van der Waals surface area contributed by atoms with Crippen molar-refractivity contribution in [3.8, 4) is 11.8 Å². The molecule has 0 aromatic heterocycles. The first-order valence-electron chi connectivity index (χ1n) is 5.89. The average Bonchev–Trinajstić information content (AvgIpc) is 2.47. The molecular formula is C13H15N3O3. The molecule has 1 unspecified atom stereocenters. The minimum atomic E-state index is -0.579. The lowest BCUT2D eigenvalue weighted by molar-refractivity contribution is 0.00350. The summed E-state index contributed by atoms with van der Waals surface area (Å²) in [7, 11) is 1.53. The highest BCUT2D eigenvalue weighted by Gasteiger charge is 2.26. The molecule has 1 aliphatic heterocycles. The molecule has 1 heterocycles. The van der Waals surface area contributed by atoms with Crippen LogP contribution in [0.25, 0.3) is 0 Å². The predicted octanol–water partition coefficient (Wildman–Crippen LogP) is 0.642. The largest absolute Gasteiger partial charge is 0.497 e. The van der Waals surface area contributed by atoms with E-state index >= 15 is 0 Å². The first-order valence-corrected chi connectivity index (χ1v) is 5.89. The molecule has 0 bridgehead atoms. The standard InChI is InChI=1S/C13H15N3O3/c1-18-9-2-3-12(15)11(6-9)13(17)16-4-5-19-10(7-14)8-16/h2-3,6,10H,4-5,8,15H2,1H3. The molecule has 1 atom stereocenters. The lowest BCUT2D eigenvalue weighted by Crippen LogP contribution is -2.45. The van der Waals surface area contributed by atoms with Crippen molar-refractivity contribution in [1.29, 1.82) is 5.26 Å². The lowest BCUT2D eigenvalue weighted by Gasteiger charge is -2.30. The summed E-state index contributed by atoms with van der Waals surface area (Å²) in [6.45, 7) is 1.06. The monoisotopic (exact) mass is 261 g/mol. The van der Waals surface area contributed by atoms with Crippen LogP contribution in [-0.4, -0.2) is 43.7 Å². The van der Waals surface area contributed by atoms with Gasteiger partial charge >= 0.3 is 0 Å². The average molecular weight is 261 g/mol. The Morgan fingerprint density at radius 3 is 3.11 bits per heavy atom. The number of nitrogens with zero attached hydrogens (tertiary/aromatic N) is 2. The van der Waals surface area contributed by atoms with Crippen molar-refractivity contribution in [2.45, 2.75) is 6.10 Å². The number of carbonyl (C=O) groups is 1. The molecule has 1 fully saturated rings. The molecule has 100 valence electrons. The zero-order valence-electron chi connectivity index (χ0n) is 10.6. The van der Waals surface area contributed by atoms with Crippen LogP contribution in [0.2, 0.25) is 0 Å². The summed E-state index contributed by atoms with van der Waals surface area (Å²) < 4.78 is 10.3. The fourth-order valence-corrected chi connectivity index (χ4v) is 1.93. The molecule has 1 aromatic rings. The van der Waals surface area contributed by atoms with Crippen molar-refractivity contribution < 1.29 is 14.3 Å². The van der Waals surface area contributed by atoms with Crippen molar-refractivity contribution in [3.63, 3.8) is 0 Å². The van der Waals surface area contributed by atoms with E-state index in [1.807, 2.05) is 6.07 Å². The van der Waals surface area contributed by atoms with E-state index in [1.54, 1.807) is 23.1 Å². The minimum Gasteiger partial charge on any atom is -0.497 e. The second kappa shape index (κ2) is 5.59. The Labute approximate surface area is 111 Å². The zero-order valence-corrected chi connectivity index (χ0v) is 10.6. The molecule has 0 saturated carbocycles. The van der Waals surface area contributed by atoms with Gasteiger partial charge in [-0.25, -0.2) is 0 Å². The van der Waals surface area contributed by atoms with Gasteiger partial charge in [0.25, 0.3) is 5.91 Å². The lowest BCUT2D eigenvalue weighted by atomic mass is 10.1. The number of anilines is 1. The van der Waals surface area contributed by atoms with Gasteiger partial charge in [0.2, 0.25) is 0 Å². The Hall–Kier alpha value is -2.26. The first-order chi connectivity index (χ1) is 9.15. The molecular weight excluding hydrogens is 246 g/mol. The van der Waals surface area contributed by atoms with E-state index in [1.165, 1.54) is 7.11 Å². The van der Waals surface area contributed by atoms with Gasteiger partial charge in [-0.1, -0.05) is 0 Å². The minimum absolute atomic E-state index is 0.208. The molecule has 0 spiro atoms. The van der Waals surface area contributed by atoms with Crippen molar-refractivity contribution in [2.24, 2.45) is 0 Å². The summed E-state index contributed by atoms with van der Waals surface area (Å²) in [6, 6.07) is 6.94. The van der Waals surface area contributed by atoms with Gasteiger partial charge in [0, 0.05) is 12.2 Å². The SMILES string of the molecule is COc1ccc(N)c(C(=O)N2CCOC(C#N)C2)c1. The van der Waals surface area contributed by atoms with Crippen LogP contribution in [0, 0.1) is 11.3 Å². The zero-order chi connectivity index (χ0) is 13.8. The number of nitrogen functional groups attached to an aromatic ring is 1. The second-order valence-electron chi connectivity index (χ2n) is 4.19. The van der Waals surface area contributed by atoms with Gasteiger partial charge in [0.1, 0.15) is 5.75 Å². The number of hydrogen-bond acceptors (Lipinski definition) is 5. The quantitative estimate of drug-likeness (QED) is 0.789. The molecule has 1 aliphatic rings. The summed E-state index contributed by atoms with van der Waals surface area (Å²) in [6.07, 6.45) is -0.579. The number of benzene rings is 1. The molecule has 0 radical (unpaired) electrons. The molecule has 2 rings (SSSR count). The van der Waals surface area contributed by atoms with Crippen LogP contribution in [0.15, 0.2) is 18.2 Å². The summed E-state index contributed by atoms with van der Waals surface area (Å²) in [4.78, 5) is 13.9. The van der Waals surface area contributed by atoms with Crippen molar-refractivity contribution in [3.05, 3.63) is 23.8 Å². The van der Waals surface area contributed by atoms with Crippen LogP contribution in [0.3, 0.4) is 0 Å². The normalized spacial score (nSPS) is 18.7. The molecule has 1 aromatic carbocycles. The van der Waals surface area contributed by atoms with Crippen LogP contribution < -0.4 is 10.5 Å². The summed E-state index contributed by atoms with van der Waals surface area (Å²) in [5, 5.41) is 8.84. The molecule has 6 heteroatoms. The van der Waals surface area contributed by atoms with Gasteiger partial charge < -0.3 is 20.1 Å². The number of ether oxygens (including phenoxy) is 2. The van der Waals surface area contributed by atoms with Gasteiger partial charge in [-0.2, -0.15) is 5.26 Å². The summed E-state index contributed by atoms with van der Waals surface area (Å²) >= 11 is 0. The molecule has 0 aliphatic carbocycles. The maximum absolute atomic E-state index is 12.4. The van der Waals surface area contributed by atoms with E-state index in [-0.39, 0.29) is 12.5 Å². The van der Waals surface area contributed by atoms with Crippen LogP contribution in [0.5, 0.6) is 5.75 Å². The highest BCUT2D eigenvalue weighted by molar-refractivity contribution is 5.99. The van der Waals surface area contributed by atoms with Crippen LogP contribution in [0.4, 0.5) is 5.69 Å². The molecule has 6 nitrogen and oxygen atoms in total. The van der Waals surface area contributed by atoms with Crippen LogP contribution in [0.1, 0.15) is 10.4 Å². The molecule has 1 amide bonds. The Bertz CT molecular complexity index is 524. The van der Waals surface area contributed by atoms with Gasteiger partial charge in [-0.05, 0) is 18.2 Å². The summed E-state index contributed by atoms with van der Waals surface area (Å²) in [5.41, 5.74) is 6.60. The van der Waals surface area contributed by atoms with E-state index in [9.17, 15) is 4.79 Å². The van der Waals surface area contributed by atoms with Crippen molar-refractivity contribution in [2.75, 3.05) is 32.5 Å². The van der Waals surface area contributed by atoms with E-state index in [0.29, 0.717) is 30.2 Å². The van der Waals surface area contributed by atoms with E-state index in [4.69, 9.17) is 20.5 Å². The number of nitrogens with two attached hydrogens (primary N) is 1. The predicted molar refractivity (Wildman–Crippen MR) is 68.7 cm³/mol. The maximum atomic E-state index is 12.4. The van der Waals surface area contributed by atoms with E-state index in [2.05, 4.69) is 0 Å². The Kier molecular flexibility index (Phi) is 3.88. The highest BCUT2D eigenvalue weighted by atomic mass is 16.5. The summed E-state index contributed by atoms with van der Waals surface area (Å²) in [5.74, 6) is 0.364. The fourth-order valence-electron chi connectivity index (χ4n) is 1.93.